The first-order valence-corrected chi connectivity index (χ1v) is 12.0. The molecule has 4 rings (SSSR count). The molecule has 182 valence electrons. The van der Waals surface area contributed by atoms with E-state index in [9.17, 15) is 9.59 Å². The Kier molecular flexibility index (Phi) is 7.82. The van der Waals surface area contributed by atoms with Crippen molar-refractivity contribution in [2.24, 2.45) is 5.73 Å². The first-order valence-electron chi connectivity index (χ1n) is 12.0. The summed E-state index contributed by atoms with van der Waals surface area (Å²) in [6, 6.07) is 19.9. The van der Waals surface area contributed by atoms with Crippen molar-refractivity contribution in [3.63, 3.8) is 0 Å². The molecule has 0 unspecified atom stereocenters. The minimum Gasteiger partial charge on any atom is -0.380 e. The Morgan fingerprint density at radius 3 is 2.37 bits per heavy atom. The van der Waals surface area contributed by atoms with Gasteiger partial charge in [0.05, 0.1) is 11.3 Å². The SMILES string of the molecule is CCCC(=O)N1CCN(c2ccc(Nc3cc(NCc4ccccc4)c(C(N)=O)cn3)cc2)CC1. The van der Waals surface area contributed by atoms with E-state index in [0.29, 0.717) is 30.0 Å². The molecule has 3 aromatic rings. The molecule has 2 aromatic carbocycles. The summed E-state index contributed by atoms with van der Waals surface area (Å²) >= 11 is 0. The molecule has 2 heterocycles. The van der Waals surface area contributed by atoms with Crippen molar-refractivity contribution >= 4 is 34.7 Å². The summed E-state index contributed by atoms with van der Waals surface area (Å²) in [5, 5.41) is 6.59. The Hall–Kier alpha value is -4.07. The summed E-state index contributed by atoms with van der Waals surface area (Å²) < 4.78 is 0. The molecule has 1 aliphatic rings. The van der Waals surface area contributed by atoms with Gasteiger partial charge in [-0.05, 0) is 36.2 Å². The second-order valence-corrected chi connectivity index (χ2v) is 8.61. The fraction of sp³-hybridized carbons (Fsp3) is 0.296. The number of carbonyl (C=O) groups excluding carboxylic acids is 2. The van der Waals surface area contributed by atoms with E-state index in [1.807, 2.05) is 54.3 Å². The molecule has 0 bridgehead atoms. The third-order valence-corrected chi connectivity index (χ3v) is 6.10. The molecule has 1 aliphatic heterocycles. The number of rotatable bonds is 9. The average Bonchev–Trinajstić information content (AvgIpc) is 2.89. The lowest BCUT2D eigenvalue weighted by Gasteiger charge is -2.36. The summed E-state index contributed by atoms with van der Waals surface area (Å²) in [6.45, 7) is 5.77. The molecule has 1 saturated heterocycles. The van der Waals surface area contributed by atoms with E-state index in [-0.39, 0.29) is 5.91 Å². The number of nitrogens with zero attached hydrogens (tertiary/aromatic N) is 3. The number of aromatic nitrogens is 1. The predicted molar refractivity (Wildman–Crippen MR) is 140 cm³/mol. The first-order chi connectivity index (χ1) is 17.0. The van der Waals surface area contributed by atoms with Crippen molar-refractivity contribution in [1.29, 1.82) is 0 Å². The number of primary amides is 1. The number of amides is 2. The molecule has 0 radical (unpaired) electrons. The van der Waals surface area contributed by atoms with Crippen LogP contribution in [0.5, 0.6) is 0 Å². The van der Waals surface area contributed by atoms with Crippen LogP contribution in [0, 0.1) is 0 Å². The van der Waals surface area contributed by atoms with Gasteiger partial charge in [0, 0.05) is 62.8 Å². The lowest BCUT2D eigenvalue weighted by atomic mass is 10.2. The smallest absolute Gasteiger partial charge is 0.252 e. The number of pyridine rings is 1. The van der Waals surface area contributed by atoms with Gasteiger partial charge in [0.1, 0.15) is 5.82 Å². The molecule has 1 aromatic heterocycles. The van der Waals surface area contributed by atoms with Gasteiger partial charge in [-0.25, -0.2) is 4.98 Å². The van der Waals surface area contributed by atoms with Gasteiger partial charge in [-0.2, -0.15) is 0 Å². The zero-order valence-corrected chi connectivity index (χ0v) is 20.0. The van der Waals surface area contributed by atoms with Gasteiger partial charge in [-0.1, -0.05) is 37.3 Å². The van der Waals surface area contributed by atoms with E-state index >= 15 is 0 Å². The molecule has 0 saturated carbocycles. The van der Waals surface area contributed by atoms with Crippen molar-refractivity contribution in [2.75, 3.05) is 41.7 Å². The highest BCUT2D eigenvalue weighted by molar-refractivity contribution is 5.98. The molecular weight excluding hydrogens is 440 g/mol. The van der Waals surface area contributed by atoms with Gasteiger partial charge in [0.2, 0.25) is 5.91 Å². The molecule has 0 spiro atoms. The van der Waals surface area contributed by atoms with Crippen molar-refractivity contribution in [1.82, 2.24) is 9.88 Å². The quantitative estimate of drug-likeness (QED) is 0.435. The summed E-state index contributed by atoms with van der Waals surface area (Å²) in [5.41, 5.74) is 9.64. The molecule has 2 amide bonds. The highest BCUT2D eigenvalue weighted by atomic mass is 16.2. The maximum Gasteiger partial charge on any atom is 0.252 e. The zero-order valence-electron chi connectivity index (χ0n) is 20.0. The van der Waals surface area contributed by atoms with E-state index in [0.717, 1.165) is 49.5 Å². The van der Waals surface area contributed by atoms with Gasteiger partial charge in [-0.3, -0.25) is 9.59 Å². The number of anilines is 4. The van der Waals surface area contributed by atoms with Crippen molar-refractivity contribution < 1.29 is 9.59 Å². The number of nitrogens with one attached hydrogen (secondary N) is 2. The molecule has 1 fully saturated rings. The standard InChI is InChI=1S/C27H32N6O2/c1-2-6-26(34)33-15-13-32(14-16-33)22-11-9-21(10-12-22)31-25-17-24(23(19-30-25)27(28)35)29-18-20-7-4-3-5-8-20/h3-5,7-12,17,19H,2,6,13-16,18H2,1H3,(H2,28,35)(H2,29,30,31). The minimum atomic E-state index is -0.527. The molecule has 4 N–H and O–H groups in total. The first kappa shape index (κ1) is 24.1. The van der Waals surface area contributed by atoms with E-state index in [1.54, 1.807) is 6.07 Å². The van der Waals surface area contributed by atoms with Crippen molar-refractivity contribution in [3.05, 3.63) is 78.0 Å². The zero-order chi connectivity index (χ0) is 24.6. The largest absolute Gasteiger partial charge is 0.380 e. The number of benzene rings is 2. The van der Waals surface area contributed by atoms with Crippen LogP contribution < -0.4 is 21.3 Å². The van der Waals surface area contributed by atoms with Crippen LogP contribution >= 0.6 is 0 Å². The van der Waals surface area contributed by atoms with Gasteiger partial charge in [0.25, 0.3) is 5.91 Å². The van der Waals surface area contributed by atoms with Crippen molar-refractivity contribution in [2.45, 2.75) is 26.3 Å². The predicted octanol–water partition coefficient (Wildman–Crippen LogP) is 3.98. The normalized spacial score (nSPS) is 13.4. The Labute approximate surface area is 206 Å². The summed E-state index contributed by atoms with van der Waals surface area (Å²) in [5.74, 6) is 0.334. The van der Waals surface area contributed by atoms with E-state index in [4.69, 9.17) is 5.73 Å². The second-order valence-electron chi connectivity index (χ2n) is 8.61. The Balaban J connectivity index is 1.39. The third-order valence-electron chi connectivity index (χ3n) is 6.10. The monoisotopic (exact) mass is 472 g/mol. The lowest BCUT2D eigenvalue weighted by Crippen LogP contribution is -2.48. The topological polar surface area (TPSA) is 104 Å². The van der Waals surface area contributed by atoms with Crippen LogP contribution in [0.3, 0.4) is 0 Å². The van der Waals surface area contributed by atoms with E-state index in [1.165, 1.54) is 6.20 Å². The number of piperazine rings is 1. The van der Waals surface area contributed by atoms with Crippen LogP contribution in [0.15, 0.2) is 66.9 Å². The number of carbonyl (C=O) groups is 2. The maximum absolute atomic E-state index is 12.1. The van der Waals surface area contributed by atoms with Gasteiger partial charge in [-0.15, -0.1) is 0 Å². The van der Waals surface area contributed by atoms with Gasteiger partial charge in [0.15, 0.2) is 0 Å². The Morgan fingerprint density at radius 1 is 1.00 bits per heavy atom. The summed E-state index contributed by atoms with van der Waals surface area (Å²) in [6.07, 6.45) is 3.00. The molecule has 35 heavy (non-hydrogen) atoms. The fourth-order valence-corrected chi connectivity index (χ4v) is 4.15. The molecule has 8 nitrogen and oxygen atoms in total. The molecule has 0 aliphatic carbocycles. The molecule has 0 atom stereocenters. The van der Waals surface area contributed by atoms with Gasteiger partial charge >= 0.3 is 0 Å². The third kappa shape index (κ3) is 6.29. The van der Waals surface area contributed by atoms with Crippen LogP contribution in [0.4, 0.5) is 22.9 Å². The van der Waals surface area contributed by atoms with Gasteiger partial charge < -0.3 is 26.2 Å². The highest BCUT2D eigenvalue weighted by Crippen LogP contribution is 2.25. The molecular formula is C27H32N6O2. The van der Waals surface area contributed by atoms with Crippen LogP contribution in [0.1, 0.15) is 35.7 Å². The number of hydrogen-bond donors (Lipinski definition) is 3. The summed E-state index contributed by atoms with van der Waals surface area (Å²) in [7, 11) is 0. The van der Waals surface area contributed by atoms with Crippen LogP contribution in [0.25, 0.3) is 0 Å². The lowest BCUT2D eigenvalue weighted by molar-refractivity contribution is -0.131. The van der Waals surface area contributed by atoms with Crippen molar-refractivity contribution in [3.8, 4) is 0 Å². The average molecular weight is 473 g/mol. The highest BCUT2D eigenvalue weighted by Gasteiger charge is 2.20. The number of hydrogen-bond acceptors (Lipinski definition) is 6. The van der Waals surface area contributed by atoms with Crippen LogP contribution in [-0.2, 0) is 11.3 Å². The fourth-order valence-electron chi connectivity index (χ4n) is 4.15. The molecule has 8 heteroatoms. The van der Waals surface area contributed by atoms with Crippen LogP contribution in [0.2, 0.25) is 0 Å². The summed E-state index contributed by atoms with van der Waals surface area (Å²) in [4.78, 5) is 32.6. The maximum atomic E-state index is 12.1. The second kappa shape index (κ2) is 11.4. The van der Waals surface area contributed by atoms with Crippen LogP contribution in [-0.4, -0.2) is 47.9 Å². The van der Waals surface area contributed by atoms with E-state index < -0.39 is 5.91 Å². The van der Waals surface area contributed by atoms with E-state index in [2.05, 4.69) is 32.7 Å². The number of nitrogens with two attached hydrogens (primary N) is 1. The minimum absolute atomic E-state index is 0.249. The Morgan fingerprint density at radius 2 is 1.71 bits per heavy atom. The Bertz CT molecular complexity index is 1140.